The molecule has 2 atom stereocenters. The number of amides is 2. The van der Waals surface area contributed by atoms with Gasteiger partial charge in [-0.2, -0.15) is 0 Å². The smallest absolute Gasteiger partial charge is 0.411 e. The minimum atomic E-state index is -3.22. The molecule has 2 fully saturated rings. The van der Waals surface area contributed by atoms with E-state index in [1.807, 2.05) is 0 Å². The molecule has 1 aromatic carbocycles. The maximum atomic E-state index is 12.9. The standard InChI is InChI=1S/C20H28FN3O5S/c1-30(27,28)24-11-9-14(10-12-24)19(25)22-17-3-2-4-18(13-17)29-20(26)23-16-7-5-15(21)6-8-16/h5-8,14,17-18H,2-4,9-13H2,1H3,(H,22,25)(H,23,26)/t17-,18-/m1/s1. The van der Waals surface area contributed by atoms with E-state index in [0.717, 1.165) is 19.3 Å². The molecule has 8 nitrogen and oxygen atoms in total. The number of carbonyl (C=O) groups is 2. The quantitative estimate of drug-likeness (QED) is 0.730. The van der Waals surface area contributed by atoms with E-state index in [1.54, 1.807) is 0 Å². The fourth-order valence-corrected chi connectivity index (χ4v) is 4.86. The monoisotopic (exact) mass is 441 g/mol. The van der Waals surface area contributed by atoms with E-state index in [4.69, 9.17) is 4.74 Å². The van der Waals surface area contributed by atoms with Crippen LogP contribution >= 0.6 is 0 Å². The zero-order valence-corrected chi connectivity index (χ0v) is 17.8. The Morgan fingerprint density at radius 3 is 2.40 bits per heavy atom. The van der Waals surface area contributed by atoms with Crippen LogP contribution in [0.4, 0.5) is 14.9 Å². The van der Waals surface area contributed by atoms with Crippen LogP contribution in [0.3, 0.4) is 0 Å². The number of benzene rings is 1. The lowest BCUT2D eigenvalue weighted by Crippen LogP contribution is -2.47. The number of carbonyl (C=O) groups excluding carboxylic acids is 2. The molecule has 30 heavy (non-hydrogen) atoms. The maximum absolute atomic E-state index is 12.9. The SMILES string of the molecule is CS(=O)(=O)N1CCC(C(=O)N[C@@H]2CCC[C@@H](OC(=O)Nc3ccc(F)cc3)C2)CC1. The Labute approximate surface area is 176 Å². The predicted molar refractivity (Wildman–Crippen MR) is 110 cm³/mol. The second-order valence-electron chi connectivity index (χ2n) is 7.97. The van der Waals surface area contributed by atoms with Gasteiger partial charge in [-0.1, -0.05) is 0 Å². The van der Waals surface area contributed by atoms with Crippen molar-refractivity contribution in [2.75, 3.05) is 24.7 Å². The van der Waals surface area contributed by atoms with Gasteiger partial charge in [0, 0.05) is 37.2 Å². The summed E-state index contributed by atoms with van der Waals surface area (Å²) < 4.78 is 43.0. The van der Waals surface area contributed by atoms with Crippen molar-refractivity contribution < 1.29 is 27.1 Å². The van der Waals surface area contributed by atoms with Gasteiger partial charge in [0.1, 0.15) is 11.9 Å². The Kier molecular flexibility index (Phi) is 7.30. The predicted octanol–water partition coefficient (Wildman–Crippen LogP) is 2.47. The minimum absolute atomic E-state index is 0.0652. The summed E-state index contributed by atoms with van der Waals surface area (Å²) in [6.45, 7) is 0.716. The topological polar surface area (TPSA) is 105 Å². The third-order valence-electron chi connectivity index (χ3n) is 5.63. The van der Waals surface area contributed by atoms with Gasteiger partial charge < -0.3 is 10.1 Å². The van der Waals surface area contributed by atoms with Gasteiger partial charge in [-0.15, -0.1) is 0 Å². The molecule has 0 radical (unpaired) electrons. The molecule has 1 aromatic rings. The van der Waals surface area contributed by atoms with Crippen molar-refractivity contribution in [2.24, 2.45) is 5.92 Å². The van der Waals surface area contributed by atoms with E-state index >= 15 is 0 Å². The Morgan fingerprint density at radius 2 is 1.77 bits per heavy atom. The van der Waals surface area contributed by atoms with Crippen LogP contribution in [0.1, 0.15) is 38.5 Å². The highest BCUT2D eigenvalue weighted by Crippen LogP contribution is 2.24. The number of halogens is 1. The Bertz CT molecular complexity index is 854. The summed E-state index contributed by atoms with van der Waals surface area (Å²) in [4.78, 5) is 24.7. The van der Waals surface area contributed by atoms with Crippen LogP contribution in [-0.4, -0.2) is 56.2 Å². The van der Waals surface area contributed by atoms with Gasteiger partial charge in [0.15, 0.2) is 0 Å². The van der Waals surface area contributed by atoms with Crippen LogP contribution in [0, 0.1) is 11.7 Å². The highest BCUT2D eigenvalue weighted by Gasteiger charge is 2.31. The minimum Gasteiger partial charge on any atom is -0.446 e. The molecular weight excluding hydrogens is 413 g/mol. The molecular formula is C20H28FN3O5S. The van der Waals surface area contributed by atoms with Crippen molar-refractivity contribution >= 4 is 27.7 Å². The molecule has 1 aliphatic heterocycles. The van der Waals surface area contributed by atoms with Gasteiger partial charge in [0.05, 0.1) is 6.26 Å². The molecule has 0 spiro atoms. The van der Waals surface area contributed by atoms with Crippen molar-refractivity contribution in [3.63, 3.8) is 0 Å². The van der Waals surface area contributed by atoms with Crippen molar-refractivity contribution in [2.45, 2.75) is 50.7 Å². The fraction of sp³-hybridized carbons (Fsp3) is 0.600. The number of nitrogens with zero attached hydrogens (tertiary/aromatic N) is 1. The van der Waals surface area contributed by atoms with Crippen LogP contribution in [0.25, 0.3) is 0 Å². The number of sulfonamides is 1. The van der Waals surface area contributed by atoms with Gasteiger partial charge in [0.25, 0.3) is 0 Å². The molecule has 2 N–H and O–H groups in total. The first-order chi connectivity index (χ1) is 14.2. The Balaban J connectivity index is 1.43. The zero-order valence-electron chi connectivity index (χ0n) is 17.0. The number of rotatable bonds is 5. The van der Waals surface area contributed by atoms with Gasteiger partial charge in [0.2, 0.25) is 15.9 Å². The Hall–Kier alpha value is -2.20. The molecule has 1 aliphatic carbocycles. The molecule has 1 saturated carbocycles. The molecule has 2 aliphatic rings. The summed E-state index contributed by atoms with van der Waals surface area (Å²) in [6.07, 6.45) is 4.17. The highest BCUT2D eigenvalue weighted by molar-refractivity contribution is 7.88. The number of nitrogens with one attached hydrogen (secondary N) is 2. The summed E-state index contributed by atoms with van der Waals surface area (Å²) in [6, 6.07) is 5.33. The first-order valence-electron chi connectivity index (χ1n) is 10.2. The number of hydrogen-bond acceptors (Lipinski definition) is 5. The van der Waals surface area contributed by atoms with E-state index in [9.17, 15) is 22.4 Å². The normalized spacial score (nSPS) is 23.5. The van der Waals surface area contributed by atoms with Crippen molar-refractivity contribution in [1.82, 2.24) is 9.62 Å². The second-order valence-corrected chi connectivity index (χ2v) is 9.95. The van der Waals surface area contributed by atoms with Crippen LogP contribution in [0.5, 0.6) is 0 Å². The first kappa shape index (κ1) is 22.5. The van der Waals surface area contributed by atoms with Gasteiger partial charge >= 0.3 is 6.09 Å². The van der Waals surface area contributed by atoms with E-state index in [1.165, 1.54) is 34.8 Å². The lowest BCUT2D eigenvalue weighted by Gasteiger charge is -2.33. The number of anilines is 1. The lowest BCUT2D eigenvalue weighted by molar-refractivity contribution is -0.127. The highest BCUT2D eigenvalue weighted by atomic mass is 32.2. The molecule has 10 heteroatoms. The molecule has 166 valence electrons. The Morgan fingerprint density at radius 1 is 1.10 bits per heavy atom. The fourth-order valence-electron chi connectivity index (χ4n) is 3.98. The lowest BCUT2D eigenvalue weighted by atomic mass is 9.91. The molecule has 0 bridgehead atoms. The van der Waals surface area contributed by atoms with E-state index < -0.39 is 16.1 Å². The molecule has 0 aromatic heterocycles. The third-order valence-corrected chi connectivity index (χ3v) is 6.93. The summed E-state index contributed by atoms with van der Waals surface area (Å²) in [5.74, 6) is -0.655. The molecule has 1 saturated heterocycles. The van der Waals surface area contributed by atoms with Crippen molar-refractivity contribution in [3.8, 4) is 0 Å². The first-order valence-corrected chi connectivity index (χ1v) is 12.0. The van der Waals surface area contributed by atoms with Crippen LogP contribution in [0.15, 0.2) is 24.3 Å². The largest absolute Gasteiger partial charge is 0.446 e. The van der Waals surface area contributed by atoms with Crippen LogP contribution in [0.2, 0.25) is 0 Å². The van der Waals surface area contributed by atoms with E-state index in [0.29, 0.717) is 38.0 Å². The van der Waals surface area contributed by atoms with Crippen molar-refractivity contribution in [1.29, 1.82) is 0 Å². The van der Waals surface area contributed by atoms with Crippen LogP contribution < -0.4 is 10.6 Å². The second kappa shape index (κ2) is 9.74. The molecule has 0 unspecified atom stereocenters. The van der Waals surface area contributed by atoms with Gasteiger partial charge in [-0.05, 0) is 56.4 Å². The summed E-state index contributed by atoms with van der Waals surface area (Å²) >= 11 is 0. The maximum Gasteiger partial charge on any atom is 0.411 e. The van der Waals surface area contributed by atoms with Gasteiger partial charge in [-0.3, -0.25) is 10.1 Å². The average Bonchev–Trinajstić information content (AvgIpc) is 2.69. The molecule has 3 rings (SSSR count). The zero-order chi connectivity index (χ0) is 21.7. The molecule has 2 amide bonds. The average molecular weight is 442 g/mol. The van der Waals surface area contributed by atoms with Gasteiger partial charge in [-0.25, -0.2) is 21.9 Å². The van der Waals surface area contributed by atoms with Crippen LogP contribution in [-0.2, 0) is 19.6 Å². The van der Waals surface area contributed by atoms with E-state index in [2.05, 4.69) is 10.6 Å². The summed E-state index contributed by atoms with van der Waals surface area (Å²) in [5.41, 5.74) is 0.447. The summed E-state index contributed by atoms with van der Waals surface area (Å²) in [5, 5.41) is 5.61. The summed E-state index contributed by atoms with van der Waals surface area (Å²) in [7, 11) is -3.22. The van der Waals surface area contributed by atoms with Crippen molar-refractivity contribution in [3.05, 3.63) is 30.1 Å². The number of ether oxygens (including phenoxy) is 1. The number of hydrogen-bond donors (Lipinski definition) is 2. The van der Waals surface area contributed by atoms with E-state index in [-0.39, 0.29) is 29.8 Å². The third kappa shape index (κ3) is 6.40. The molecule has 1 heterocycles. The number of piperidine rings is 1.